The van der Waals surface area contributed by atoms with Crippen molar-refractivity contribution in [1.29, 1.82) is 0 Å². The van der Waals surface area contributed by atoms with Crippen molar-refractivity contribution in [2.75, 3.05) is 5.75 Å². The number of thioether (sulfide) groups is 1. The van der Waals surface area contributed by atoms with Crippen molar-refractivity contribution in [2.45, 2.75) is 31.2 Å². The van der Waals surface area contributed by atoms with Crippen molar-refractivity contribution >= 4 is 16.9 Å². The smallest absolute Gasteiger partial charge is 0.154 e. The molecule has 1 fully saturated rings. The molecule has 4 nitrogen and oxygen atoms in total. The van der Waals surface area contributed by atoms with Crippen LogP contribution in [-0.4, -0.2) is 17.1 Å². The number of epoxide rings is 1. The van der Waals surface area contributed by atoms with E-state index in [1.54, 1.807) is 11.8 Å². The third-order valence-corrected chi connectivity index (χ3v) is 4.35. The van der Waals surface area contributed by atoms with E-state index in [4.69, 9.17) is 16.2 Å². The third-order valence-electron chi connectivity index (χ3n) is 3.56. The van der Waals surface area contributed by atoms with Gasteiger partial charge in [0, 0.05) is 5.75 Å². The van der Waals surface area contributed by atoms with Gasteiger partial charge in [-0.25, -0.2) is 0 Å². The fraction of sp³-hybridized carbons (Fsp3) is 0.462. The SMILES string of the molecule is CC1(c2cccc(C3OC3N)c2)CCSC(N)=N1. The molecule has 0 radical (unpaired) electrons. The van der Waals surface area contributed by atoms with Crippen LogP contribution in [0, 0.1) is 0 Å². The highest BCUT2D eigenvalue weighted by molar-refractivity contribution is 8.13. The molecule has 5 heteroatoms. The molecule has 2 heterocycles. The molecule has 4 N–H and O–H groups in total. The Bertz CT molecular complexity index is 505. The molecular formula is C13H17N3OS. The molecule has 2 aliphatic heterocycles. The molecule has 3 rings (SSSR count). The number of aliphatic imine (C=N–C) groups is 1. The lowest BCUT2D eigenvalue weighted by Crippen LogP contribution is -2.28. The summed E-state index contributed by atoms with van der Waals surface area (Å²) in [5.41, 5.74) is 13.7. The summed E-state index contributed by atoms with van der Waals surface area (Å²) in [5.74, 6) is 1.01. The largest absolute Gasteiger partial charge is 0.379 e. The quantitative estimate of drug-likeness (QED) is 0.796. The average Bonchev–Trinajstić information content (AvgIpc) is 3.06. The summed E-state index contributed by atoms with van der Waals surface area (Å²) in [6, 6.07) is 8.33. The Balaban J connectivity index is 1.94. The molecule has 1 aromatic carbocycles. The molecule has 96 valence electrons. The normalized spacial score (nSPS) is 35.1. The van der Waals surface area contributed by atoms with Crippen molar-refractivity contribution in [2.24, 2.45) is 16.5 Å². The van der Waals surface area contributed by atoms with E-state index in [0.29, 0.717) is 5.17 Å². The van der Waals surface area contributed by atoms with Crippen LogP contribution in [-0.2, 0) is 10.3 Å². The summed E-state index contributed by atoms with van der Waals surface area (Å²) in [4.78, 5) is 4.61. The second-order valence-electron chi connectivity index (χ2n) is 4.97. The van der Waals surface area contributed by atoms with Crippen LogP contribution < -0.4 is 11.5 Å². The van der Waals surface area contributed by atoms with Crippen LogP contribution in [0.25, 0.3) is 0 Å². The minimum absolute atomic E-state index is 0.0489. The van der Waals surface area contributed by atoms with E-state index in [1.165, 1.54) is 5.56 Å². The fourth-order valence-electron chi connectivity index (χ4n) is 2.34. The summed E-state index contributed by atoms with van der Waals surface area (Å²) in [5, 5.41) is 0.675. The molecule has 0 amide bonds. The highest BCUT2D eigenvalue weighted by Crippen LogP contribution is 2.39. The van der Waals surface area contributed by atoms with Gasteiger partial charge in [0.1, 0.15) is 12.3 Å². The van der Waals surface area contributed by atoms with Crippen molar-refractivity contribution in [3.05, 3.63) is 35.4 Å². The lowest BCUT2D eigenvalue weighted by atomic mass is 9.88. The van der Waals surface area contributed by atoms with Crippen LogP contribution in [0.2, 0.25) is 0 Å². The van der Waals surface area contributed by atoms with Gasteiger partial charge in [0.15, 0.2) is 5.17 Å². The third kappa shape index (κ3) is 2.13. The second kappa shape index (κ2) is 4.26. The summed E-state index contributed by atoms with van der Waals surface area (Å²) < 4.78 is 5.31. The minimum Gasteiger partial charge on any atom is -0.379 e. The van der Waals surface area contributed by atoms with Gasteiger partial charge in [-0.3, -0.25) is 4.99 Å². The van der Waals surface area contributed by atoms with Crippen molar-refractivity contribution in [3.63, 3.8) is 0 Å². The average molecular weight is 263 g/mol. The zero-order chi connectivity index (χ0) is 12.8. The lowest BCUT2D eigenvalue weighted by molar-refractivity contribution is 0.377. The highest BCUT2D eigenvalue weighted by atomic mass is 32.2. The molecule has 3 atom stereocenters. The number of rotatable bonds is 2. The predicted octanol–water partition coefficient (Wildman–Crippen LogP) is 1.71. The van der Waals surface area contributed by atoms with Crippen LogP contribution in [0.5, 0.6) is 0 Å². The second-order valence-corrected chi connectivity index (χ2v) is 6.08. The van der Waals surface area contributed by atoms with Gasteiger partial charge in [-0.1, -0.05) is 36.0 Å². The number of hydrogen-bond donors (Lipinski definition) is 2. The molecule has 18 heavy (non-hydrogen) atoms. The lowest BCUT2D eigenvalue weighted by Gasteiger charge is -2.30. The minimum atomic E-state index is -0.218. The standard InChI is InChI=1S/C13H17N3OS/c1-13(5-6-18-12(15)16-13)9-4-2-3-8(7-9)10-11(14)17-10/h2-4,7,10-11H,5-6,14H2,1H3,(H2,15,16). The van der Waals surface area contributed by atoms with Crippen LogP contribution in [0.3, 0.4) is 0 Å². The molecule has 0 aliphatic carbocycles. The van der Waals surface area contributed by atoms with Gasteiger partial charge < -0.3 is 16.2 Å². The van der Waals surface area contributed by atoms with Crippen molar-refractivity contribution < 1.29 is 4.74 Å². The molecule has 3 unspecified atom stereocenters. The van der Waals surface area contributed by atoms with Gasteiger partial charge >= 0.3 is 0 Å². The van der Waals surface area contributed by atoms with Gasteiger partial charge in [0.25, 0.3) is 0 Å². The summed E-state index contributed by atoms with van der Waals surface area (Å²) in [7, 11) is 0. The van der Waals surface area contributed by atoms with E-state index in [0.717, 1.165) is 17.7 Å². The predicted molar refractivity (Wildman–Crippen MR) is 74.3 cm³/mol. The number of benzene rings is 1. The van der Waals surface area contributed by atoms with Gasteiger partial charge in [0.2, 0.25) is 0 Å². The first-order valence-electron chi connectivity index (χ1n) is 6.08. The Morgan fingerprint density at radius 3 is 2.94 bits per heavy atom. The summed E-state index contributed by atoms with van der Waals surface area (Å²) in [6.07, 6.45) is 0.899. The van der Waals surface area contributed by atoms with Gasteiger partial charge in [0.05, 0.1) is 5.54 Å². The molecular weight excluding hydrogens is 246 g/mol. The van der Waals surface area contributed by atoms with E-state index in [1.807, 2.05) is 6.07 Å². The molecule has 0 spiro atoms. The van der Waals surface area contributed by atoms with Crippen LogP contribution in [0.4, 0.5) is 0 Å². The molecule has 0 aromatic heterocycles. The topological polar surface area (TPSA) is 76.9 Å². The molecule has 2 aliphatic rings. The highest BCUT2D eigenvalue weighted by Gasteiger charge is 2.38. The first-order valence-corrected chi connectivity index (χ1v) is 7.07. The Labute approximate surface area is 111 Å². The van der Waals surface area contributed by atoms with Gasteiger partial charge in [-0.2, -0.15) is 0 Å². The van der Waals surface area contributed by atoms with Gasteiger partial charge in [-0.05, 0) is 24.5 Å². The van der Waals surface area contributed by atoms with Crippen LogP contribution in [0.15, 0.2) is 29.3 Å². The maximum Gasteiger partial charge on any atom is 0.154 e. The summed E-state index contributed by atoms with van der Waals surface area (Å²) in [6.45, 7) is 2.13. The zero-order valence-electron chi connectivity index (χ0n) is 10.3. The van der Waals surface area contributed by atoms with E-state index in [-0.39, 0.29) is 17.9 Å². The number of nitrogens with zero attached hydrogens (tertiary/aromatic N) is 1. The van der Waals surface area contributed by atoms with E-state index in [9.17, 15) is 0 Å². The van der Waals surface area contributed by atoms with E-state index in [2.05, 4.69) is 30.1 Å². The van der Waals surface area contributed by atoms with E-state index < -0.39 is 0 Å². The van der Waals surface area contributed by atoms with Crippen molar-refractivity contribution in [1.82, 2.24) is 0 Å². The molecule has 1 aromatic rings. The number of nitrogens with two attached hydrogens (primary N) is 2. The van der Waals surface area contributed by atoms with Crippen LogP contribution >= 0.6 is 11.8 Å². The maximum absolute atomic E-state index is 5.85. The Kier molecular flexibility index (Phi) is 2.84. The first kappa shape index (κ1) is 12.0. The van der Waals surface area contributed by atoms with Crippen LogP contribution in [0.1, 0.15) is 30.6 Å². The summed E-state index contributed by atoms with van der Waals surface area (Å²) >= 11 is 1.62. The fourth-order valence-corrected chi connectivity index (χ4v) is 3.31. The zero-order valence-corrected chi connectivity index (χ0v) is 11.1. The Hall–Kier alpha value is -1.04. The Morgan fingerprint density at radius 2 is 2.28 bits per heavy atom. The van der Waals surface area contributed by atoms with E-state index >= 15 is 0 Å². The Morgan fingerprint density at radius 1 is 1.50 bits per heavy atom. The molecule has 0 saturated carbocycles. The number of ether oxygens (including phenoxy) is 1. The van der Waals surface area contributed by atoms with Gasteiger partial charge in [-0.15, -0.1) is 0 Å². The number of hydrogen-bond acceptors (Lipinski definition) is 5. The number of amidine groups is 1. The maximum atomic E-state index is 5.85. The van der Waals surface area contributed by atoms with Crippen molar-refractivity contribution in [3.8, 4) is 0 Å². The first-order chi connectivity index (χ1) is 8.58. The molecule has 0 bridgehead atoms. The molecule has 1 saturated heterocycles. The monoisotopic (exact) mass is 263 g/mol.